The van der Waals surface area contributed by atoms with Crippen molar-refractivity contribution in [2.45, 2.75) is 18.8 Å². The van der Waals surface area contributed by atoms with Gasteiger partial charge in [0.25, 0.3) is 0 Å². The molecule has 7 heteroatoms. The van der Waals surface area contributed by atoms with Crippen LogP contribution in [0.25, 0.3) is 0 Å². The van der Waals surface area contributed by atoms with E-state index in [0.29, 0.717) is 24.7 Å². The third-order valence-corrected chi connectivity index (χ3v) is 4.64. The lowest BCUT2D eigenvalue weighted by molar-refractivity contribution is -0.129. The summed E-state index contributed by atoms with van der Waals surface area (Å²) in [5.74, 6) is 1.47. The summed E-state index contributed by atoms with van der Waals surface area (Å²) in [5, 5.41) is 3.06. The summed E-state index contributed by atoms with van der Waals surface area (Å²) in [5.41, 5.74) is 1.98. The van der Waals surface area contributed by atoms with Gasteiger partial charge in [-0.1, -0.05) is 30.3 Å². The van der Waals surface area contributed by atoms with Crippen LogP contribution >= 0.6 is 0 Å². The quantitative estimate of drug-likeness (QED) is 0.753. The Morgan fingerprint density at radius 3 is 2.81 bits per heavy atom. The first-order valence-corrected chi connectivity index (χ1v) is 8.95. The number of carbonyl (C=O) groups excluding carboxylic acids is 1. The van der Waals surface area contributed by atoms with E-state index in [2.05, 4.69) is 25.3 Å². The van der Waals surface area contributed by atoms with Crippen LogP contribution in [0, 0.1) is 0 Å². The predicted molar refractivity (Wildman–Crippen MR) is 101 cm³/mol. The number of nitrogens with one attached hydrogen (secondary N) is 1. The maximum absolute atomic E-state index is 12.6. The Labute approximate surface area is 157 Å². The van der Waals surface area contributed by atoms with E-state index in [9.17, 15) is 4.79 Å². The highest BCUT2D eigenvalue weighted by atomic mass is 16.2. The Morgan fingerprint density at radius 2 is 2.00 bits per heavy atom. The van der Waals surface area contributed by atoms with Gasteiger partial charge in [-0.05, 0) is 18.1 Å². The molecule has 3 heterocycles. The number of anilines is 2. The molecule has 7 nitrogen and oxygen atoms in total. The molecule has 0 spiro atoms. The summed E-state index contributed by atoms with van der Waals surface area (Å²) in [4.78, 5) is 31.5. The highest BCUT2D eigenvalue weighted by Crippen LogP contribution is 2.27. The maximum Gasteiger partial charge on any atom is 0.228 e. The van der Waals surface area contributed by atoms with Crippen molar-refractivity contribution < 1.29 is 4.79 Å². The highest BCUT2D eigenvalue weighted by Gasteiger charge is 2.28. The van der Waals surface area contributed by atoms with Crippen LogP contribution in [0.4, 0.5) is 11.8 Å². The molecule has 136 valence electrons. The van der Waals surface area contributed by atoms with Gasteiger partial charge in [-0.2, -0.15) is 0 Å². The largest absolute Gasteiger partial charge is 0.342 e. The molecule has 1 aliphatic heterocycles. The fourth-order valence-electron chi connectivity index (χ4n) is 3.25. The van der Waals surface area contributed by atoms with Gasteiger partial charge in [0.15, 0.2) is 5.82 Å². The van der Waals surface area contributed by atoms with Crippen LogP contribution in [0.3, 0.4) is 0 Å². The van der Waals surface area contributed by atoms with Crippen LogP contribution in [-0.2, 0) is 11.2 Å². The molecule has 1 amide bonds. The zero-order valence-electron chi connectivity index (χ0n) is 14.8. The van der Waals surface area contributed by atoms with E-state index in [0.717, 1.165) is 24.2 Å². The van der Waals surface area contributed by atoms with Crippen LogP contribution in [0.2, 0.25) is 0 Å². The Hall–Kier alpha value is -3.35. The van der Waals surface area contributed by atoms with Crippen molar-refractivity contribution in [3.8, 4) is 0 Å². The van der Waals surface area contributed by atoms with Crippen LogP contribution in [0.15, 0.2) is 61.2 Å². The number of benzene rings is 1. The van der Waals surface area contributed by atoms with Gasteiger partial charge in [-0.25, -0.2) is 15.0 Å². The fourth-order valence-corrected chi connectivity index (χ4v) is 3.25. The van der Waals surface area contributed by atoms with E-state index < -0.39 is 0 Å². The van der Waals surface area contributed by atoms with E-state index in [4.69, 9.17) is 0 Å². The topological polar surface area (TPSA) is 83.9 Å². The fraction of sp³-hybridized carbons (Fsp3) is 0.250. The molecular weight excluding hydrogens is 340 g/mol. The molecular formula is C20H20N6O. The van der Waals surface area contributed by atoms with Gasteiger partial charge in [0, 0.05) is 37.6 Å². The Morgan fingerprint density at radius 1 is 1.11 bits per heavy atom. The molecule has 1 aromatic carbocycles. The zero-order valence-corrected chi connectivity index (χ0v) is 14.8. The third-order valence-electron chi connectivity index (χ3n) is 4.64. The number of amides is 1. The second-order valence-electron chi connectivity index (χ2n) is 6.51. The van der Waals surface area contributed by atoms with Gasteiger partial charge in [-0.15, -0.1) is 0 Å². The molecule has 1 aliphatic rings. The normalized spacial score (nSPS) is 16.3. The van der Waals surface area contributed by atoms with Crippen LogP contribution in [-0.4, -0.2) is 43.8 Å². The number of nitrogens with zero attached hydrogens (tertiary/aromatic N) is 5. The second-order valence-corrected chi connectivity index (χ2v) is 6.51. The molecule has 4 rings (SSSR count). The molecule has 1 fully saturated rings. The minimum atomic E-state index is 0.163. The lowest BCUT2D eigenvalue weighted by Crippen LogP contribution is -2.29. The summed E-state index contributed by atoms with van der Waals surface area (Å²) >= 11 is 0. The summed E-state index contributed by atoms with van der Waals surface area (Å²) < 4.78 is 0. The molecule has 1 N–H and O–H groups in total. The Bertz CT molecular complexity index is 903. The van der Waals surface area contributed by atoms with Gasteiger partial charge >= 0.3 is 0 Å². The highest BCUT2D eigenvalue weighted by molar-refractivity contribution is 5.79. The smallest absolute Gasteiger partial charge is 0.228 e. The molecule has 1 atom stereocenters. The van der Waals surface area contributed by atoms with Gasteiger partial charge in [-0.3, -0.25) is 9.78 Å². The third kappa shape index (κ3) is 4.25. The number of carbonyl (C=O) groups is 1. The second kappa shape index (κ2) is 7.90. The summed E-state index contributed by atoms with van der Waals surface area (Å²) in [6.07, 6.45) is 7.92. The molecule has 27 heavy (non-hydrogen) atoms. The SMILES string of the molecule is O=C(Cc1ccccc1)N1CCC(c2ccnc(Nc3cnccn3)n2)C1. The van der Waals surface area contributed by atoms with Gasteiger partial charge in [0.1, 0.15) is 0 Å². The first-order valence-electron chi connectivity index (χ1n) is 8.95. The minimum Gasteiger partial charge on any atom is -0.342 e. The van der Waals surface area contributed by atoms with Crippen molar-refractivity contribution in [1.82, 2.24) is 24.8 Å². The molecule has 1 unspecified atom stereocenters. The molecule has 2 aromatic heterocycles. The average Bonchev–Trinajstić information content (AvgIpc) is 3.20. The van der Waals surface area contributed by atoms with Crippen molar-refractivity contribution in [3.63, 3.8) is 0 Å². The number of aromatic nitrogens is 4. The van der Waals surface area contributed by atoms with Crippen molar-refractivity contribution in [3.05, 3.63) is 72.4 Å². The molecule has 3 aromatic rings. The van der Waals surface area contributed by atoms with Crippen molar-refractivity contribution in [1.29, 1.82) is 0 Å². The molecule has 0 bridgehead atoms. The number of hydrogen-bond acceptors (Lipinski definition) is 6. The number of likely N-dealkylation sites (tertiary alicyclic amines) is 1. The van der Waals surface area contributed by atoms with E-state index >= 15 is 0 Å². The first kappa shape index (κ1) is 17.1. The predicted octanol–water partition coefficient (Wildman–Crippen LogP) is 2.57. The minimum absolute atomic E-state index is 0.163. The van der Waals surface area contributed by atoms with Crippen molar-refractivity contribution >= 4 is 17.7 Å². The van der Waals surface area contributed by atoms with E-state index in [1.807, 2.05) is 41.3 Å². The molecule has 1 saturated heterocycles. The van der Waals surface area contributed by atoms with Gasteiger partial charge < -0.3 is 10.2 Å². The lowest BCUT2D eigenvalue weighted by Gasteiger charge is -2.16. The Kier molecular flexibility index (Phi) is 5.00. The maximum atomic E-state index is 12.6. The van der Waals surface area contributed by atoms with Crippen LogP contribution in [0.5, 0.6) is 0 Å². The Balaban J connectivity index is 1.40. The number of hydrogen-bond donors (Lipinski definition) is 1. The van der Waals surface area contributed by atoms with Gasteiger partial charge in [0.2, 0.25) is 11.9 Å². The molecule has 0 aliphatic carbocycles. The monoisotopic (exact) mass is 360 g/mol. The van der Waals surface area contributed by atoms with Crippen LogP contribution in [0.1, 0.15) is 23.6 Å². The molecule has 0 radical (unpaired) electrons. The standard InChI is InChI=1S/C20H20N6O/c27-19(12-15-4-2-1-3-5-15)26-11-7-16(14-26)17-6-8-23-20(24-17)25-18-13-21-9-10-22-18/h1-6,8-10,13,16H,7,11-12,14H2,(H,22,23,24,25). The molecule has 0 saturated carbocycles. The lowest BCUT2D eigenvalue weighted by atomic mass is 10.1. The average molecular weight is 360 g/mol. The van der Waals surface area contributed by atoms with E-state index in [-0.39, 0.29) is 11.8 Å². The number of rotatable bonds is 5. The van der Waals surface area contributed by atoms with E-state index in [1.54, 1.807) is 24.8 Å². The summed E-state index contributed by atoms with van der Waals surface area (Å²) in [6.45, 7) is 1.44. The van der Waals surface area contributed by atoms with Gasteiger partial charge in [0.05, 0.1) is 18.3 Å². The zero-order chi connectivity index (χ0) is 18.5. The summed E-state index contributed by atoms with van der Waals surface area (Å²) in [6, 6.07) is 11.8. The van der Waals surface area contributed by atoms with Crippen molar-refractivity contribution in [2.24, 2.45) is 0 Å². The first-order chi connectivity index (χ1) is 13.3. The van der Waals surface area contributed by atoms with E-state index in [1.165, 1.54) is 0 Å². The van der Waals surface area contributed by atoms with Crippen molar-refractivity contribution in [2.75, 3.05) is 18.4 Å². The summed E-state index contributed by atoms with van der Waals surface area (Å²) in [7, 11) is 0. The van der Waals surface area contributed by atoms with Crippen LogP contribution < -0.4 is 5.32 Å².